The van der Waals surface area contributed by atoms with E-state index in [2.05, 4.69) is 48.5 Å². The number of hydrogen-bond acceptors (Lipinski definition) is 0. The van der Waals surface area contributed by atoms with Gasteiger partial charge in [-0.1, -0.05) is 26.7 Å². The van der Waals surface area contributed by atoms with Gasteiger partial charge in [0.1, 0.15) is 0 Å². The summed E-state index contributed by atoms with van der Waals surface area (Å²) >= 11 is 2.04. The van der Waals surface area contributed by atoms with Crippen LogP contribution in [0.25, 0.3) is 0 Å². The largest absolute Gasteiger partial charge is 0.214 e. The molecule has 0 radical (unpaired) electrons. The molecule has 128 valence electrons. The van der Waals surface area contributed by atoms with E-state index in [1.54, 1.807) is 0 Å². The molecule has 0 aromatic heterocycles. The van der Waals surface area contributed by atoms with Crippen LogP contribution in [0.4, 0.5) is 0 Å². The number of halogens is 2. The molecule has 0 aliphatic rings. The first-order valence-electron chi connectivity index (χ1n) is 7.77. The molecule has 3 aromatic carbocycles. The first-order chi connectivity index (χ1) is 10.8. The van der Waals surface area contributed by atoms with Gasteiger partial charge in [0.15, 0.2) is 0 Å². The average molecular weight is 395 g/mol. The fourth-order valence-corrected chi connectivity index (χ4v) is 2.35. The van der Waals surface area contributed by atoms with Crippen molar-refractivity contribution in [3.63, 3.8) is 0 Å². The second-order valence-electron chi connectivity index (χ2n) is 4.80. The minimum absolute atomic E-state index is 0. The zero-order valence-corrected chi connectivity index (χ0v) is 17.3. The third-order valence-electron chi connectivity index (χ3n) is 3.29. The Morgan fingerprint density at radius 1 is 0.792 bits per heavy atom. The first kappa shape index (κ1) is 25.3. The molecule has 3 heteroatoms. The maximum Gasteiger partial charge on any atom is -0.172 e. The normalized spacial score (nSPS) is 8.33. The Bertz CT molecular complexity index is 562. The van der Waals surface area contributed by atoms with Crippen LogP contribution in [0.5, 0.6) is 0 Å². The topological polar surface area (TPSA) is 0 Å². The second-order valence-corrected chi connectivity index (χ2v) is 5.25. The molecule has 0 unspecified atom stereocenters. The van der Waals surface area contributed by atoms with Crippen LogP contribution < -0.4 is 24.8 Å². The Balaban J connectivity index is 0. The summed E-state index contributed by atoms with van der Waals surface area (Å²) in [7, 11) is 0. The van der Waals surface area contributed by atoms with Crippen molar-refractivity contribution in [2.24, 2.45) is 0 Å². The second kappa shape index (κ2) is 16.9. The van der Waals surface area contributed by atoms with E-state index in [9.17, 15) is 0 Å². The van der Waals surface area contributed by atoms with Gasteiger partial charge in [0.25, 0.3) is 0 Å². The number of aryl methyl sites for hydroxylation is 2. The van der Waals surface area contributed by atoms with Gasteiger partial charge in [0, 0.05) is 0 Å². The predicted octanol–water partition coefficient (Wildman–Crippen LogP) is -0.672. The van der Waals surface area contributed by atoms with E-state index in [0.29, 0.717) is 0 Å². The van der Waals surface area contributed by atoms with Gasteiger partial charge < -0.3 is 24.8 Å². The van der Waals surface area contributed by atoms with E-state index in [1.807, 2.05) is 68.5 Å². The molecule has 24 heavy (non-hydrogen) atoms. The van der Waals surface area contributed by atoms with Crippen molar-refractivity contribution in [3.8, 4) is 0 Å². The quantitative estimate of drug-likeness (QED) is 0.408. The van der Waals surface area contributed by atoms with Gasteiger partial charge in [0.05, 0.1) is 0 Å². The Labute approximate surface area is 170 Å². The standard InChI is InChI=1S/C9H13.C7H6.C5H5.2ClH.Ti/c1-3-8-6-5-7-9(8)4-2;1-7-5-3-2-4-6-7;1-2-4-5-3-1;;;/h5-7H,3-4H2,1-2H3;1-6H;1-5H;2*1H;/q-1;;-1;;;+2/p-2. The fourth-order valence-electron chi connectivity index (χ4n) is 2.05. The number of rotatable bonds is 3. The van der Waals surface area contributed by atoms with Crippen molar-refractivity contribution in [2.75, 3.05) is 0 Å². The molecule has 0 atom stereocenters. The molecule has 0 saturated carbocycles. The molecule has 0 spiro atoms. The zero-order valence-electron chi connectivity index (χ0n) is 14.3. The third-order valence-corrected chi connectivity index (χ3v) is 3.81. The fraction of sp³-hybridized carbons (Fsp3) is 0.190. The summed E-state index contributed by atoms with van der Waals surface area (Å²) in [4.78, 5) is 0. The maximum absolute atomic E-state index is 2.21. The third kappa shape index (κ3) is 10.8. The van der Waals surface area contributed by atoms with Crippen LogP contribution >= 0.6 is 0 Å². The Kier molecular flexibility index (Phi) is 17.9. The zero-order chi connectivity index (χ0) is 16.0. The van der Waals surface area contributed by atoms with E-state index in [-0.39, 0.29) is 24.8 Å². The summed E-state index contributed by atoms with van der Waals surface area (Å²) in [5.41, 5.74) is 4.31. The van der Waals surface area contributed by atoms with Crippen molar-refractivity contribution < 1.29 is 44.8 Å². The smallest absolute Gasteiger partial charge is 0.172 e. The number of hydrogen-bond donors (Lipinski definition) is 0. The van der Waals surface area contributed by atoms with Gasteiger partial charge in [0.2, 0.25) is 0 Å². The SMILES string of the molecule is CCc1c[cH-]cc1CC.[Cl-].[Cl-].[Ti+2]=[CH]c1ccccc1.c1cc[cH-]c1. The van der Waals surface area contributed by atoms with E-state index < -0.39 is 0 Å². The Morgan fingerprint density at radius 2 is 1.29 bits per heavy atom. The molecule has 0 nitrogen and oxygen atoms in total. The van der Waals surface area contributed by atoms with Crippen LogP contribution in [0.3, 0.4) is 0 Å². The van der Waals surface area contributed by atoms with Crippen LogP contribution in [-0.4, -0.2) is 4.31 Å². The van der Waals surface area contributed by atoms with Gasteiger partial charge in [-0.05, 0) is 0 Å². The summed E-state index contributed by atoms with van der Waals surface area (Å²) in [5.74, 6) is 0. The maximum atomic E-state index is 2.21. The molecule has 0 aliphatic heterocycles. The molecule has 0 saturated heterocycles. The molecule has 0 bridgehead atoms. The van der Waals surface area contributed by atoms with Crippen molar-refractivity contribution in [1.29, 1.82) is 0 Å². The molecule has 0 fully saturated rings. The van der Waals surface area contributed by atoms with E-state index in [0.717, 1.165) is 0 Å². The minimum Gasteiger partial charge on any atom is -0.214 e. The predicted molar refractivity (Wildman–Crippen MR) is 94.4 cm³/mol. The van der Waals surface area contributed by atoms with Gasteiger partial charge >= 0.3 is 60.2 Å². The summed E-state index contributed by atoms with van der Waals surface area (Å²) in [6, 6.07) is 26.8. The van der Waals surface area contributed by atoms with E-state index in [1.165, 1.54) is 29.5 Å². The summed E-state index contributed by atoms with van der Waals surface area (Å²) < 4.78 is 2.08. The van der Waals surface area contributed by atoms with Gasteiger partial charge in [-0.3, -0.25) is 0 Å². The Morgan fingerprint density at radius 3 is 1.58 bits per heavy atom. The van der Waals surface area contributed by atoms with E-state index >= 15 is 0 Å². The van der Waals surface area contributed by atoms with Crippen LogP contribution in [0.2, 0.25) is 0 Å². The molecule has 0 amide bonds. The summed E-state index contributed by atoms with van der Waals surface area (Å²) in [5, 5.41) is 0. The molecule has 3 aromatic rings. The first-order valence-corrected chi connectivity index (χ1v) is 8.67. The summed E-state index contributed by atoms with van der Waals surface area (Å²) in [6.45, 7) is 4.41. The van der Waals surface area contributed by atoms with Crippen LogP contribution in [-0.2, 0) is 32.8 Å². The van der Waals surface area contributed by atoms with Gasteiger partial charge in [-0.25, -0.2) is 12.1 Å². The van der Waals surface area contributed by atoms with Crippen LogP contribution in [0, 0.1) is 0 Å². The molecular weight excluding hydrogens is 371 g/mol. The van der Waals surface area contributed by atoms with Crippen molar-refractivity contribution >= 4 is 4.31 Å². The van der Waals surface area contributed by atoms with Crippen molar-refractivity contribution in [3.05, 3.63) is 95.6 Å². The molecule has 0 heterocycles. The van der Waals surface area contributed by atoms with Gasteiger partial charge in [-0.2, -0.15) is 47.5 Å². The average Bonchev–Trinajstić information content (AvgIpc) is 3.29. The molecular formula is C21H24Cl2Ti-2. The molecule has 0 aliphatic carbocycles. The molecule has 0 N–H and O–H groups in total. The summed E-state index contributed by atoms with van der Waals surface area (Å²) in [6.07, 6.45) is 2.35. The Hall–Kier alpha value is -0.916. The molecule has 3 rings (SSSR count). The van der Waals surface area contributed by atoms with Crippen molar-refractivity contribution in [2.45, 2.75) is 26.7 Å². The minimum atomic E-state index is 0. The van der Waals surface area contributed by atoms with Crippen LogP contribution in [0.1, 0.15) is 30.5 Å². The number of benzene rings is 1. The van der Waals surface area contributed by atoms with E-state index in [4.69, 9.17) is 0 Å². The van der Waals surface area contributed by atoms with Crippen molar-refractivity contribution in [1.82, 2.24) is 0 Å². The van der Waals surface area contributed by atoms with Crippen LogP contribution in [0.15, 0.2) is 78.9 Å². The van der Waals surface area contributed by atoms with Gasteiger partial charge in [-0.15, -0.1) is 0 Å². The monoisotopic (exact) mass is 394 g/mol.